The molecule has 138 valence electrons. The summed E-state index contributed by atoms with van der Waals surface area (Å²) in [7, 11) is 0. The van der Waals surface area contributed by atoms with Crippen LogP contribution in [-0.2, 0) is 17.7 Å². The van der Waals surface area contributed by atoms with Gasteiger partial charge in [0.1, 0.15) is 0 Å². The lowest BCUT2D eigenvalue weighted by atomic mass is 10.0. The minimum atomic E-state index is -0.525. The number of hydrogen-bond acceptors (Lipinski definition) is 3. The first kappa shape index (κ1) is 17.1. The lowest BCUT2D eigenvalue weighted by Crippen LogP contribution is -2.35. The molecule has 1 aliphatic rings. The molecule has 1 aliphatic heterocycles. The number of hydrogen-bond donors (Lipinski definition) is 2. The van der Waals surface area contributed by atoms with Crippen LogP contribution in [0.2, 0.25) is 0 Å². The lowest BCUT2D eigenvalue weighted by molar-refractivity contribution is 0.0735. The van der Waals surface area contributed by atoms with E-state index in [4.69, 9.17) is 4.74 Å². The predicted octanol–water partition coefficient (Wildman–Crippen LogP) is 3.93. The fourth-order valence-corrected chi connectivity index (χ4v) is 3.54. The highest BCUT2D eigenvalue weighted by Crippen LogP contribution is 2.28. The van der Waals surface area contributed by atoms with Crippen LogP contribution in [0.5, 0.6) is 0 Å². The van der Waals surface area contributed by atoms with Gasteiger partial charge in [-0.05, 0) is 31.2 Å². The molecule has 27 heavy (non-hydrogen) atoms. The quantitative estimate of drug-likeness (QED) is 0.740. The Kier molecular flexibility index (Phi) is 4.54. The van der Waals surface area contributed by atoms with E-state index in [1.165, 1.54) is 16.6 Å². The molecule has 0 fully saturated rings. The Balaban J connectivity index is 1.54. The lowest BCUT2D eigenvalue weighted by Gasteiger charge is -2.27. The number of ether oxygens (including phenoxy) is 1. The standard InChI is InChI=1S/C21H21N3O3/c1-2-27-21(26)22-15-7-5-6-14(12-15)20(25)24-11-10-19-17(13-24)16-8-3-4-9-18(16)23-19/h3-9,12,23H,2,10-11,13H2,1H3,(H,22,26). The molecule has 0 spiro atoms. The van der Waals surface area contributed by atoms with Crippen molar-refractivity contribution in [2.45, 2.75) is 19.9 Å². The monoisotopic (exact) mass is 363 g/mol. The van der Waals surface area contributed by atoms with Crippen LogP contribution in [0.15, 0.2) is 48.5 Å². The summed E-state index contributed by atoms with van der Waals surface area (Å²) in [5.74, 6) is -0.0431. The summed E-state index contributed by atoms with van der Waals surface area (Å²) in [5, 5.41) is 3.81. The van der Waals surface area contributed by atoms with Gasteiger partial charge >= 0.3 is 6.09 Å². The number of benzene rings is 2. The van der Waals surface area contributed by atoms with Gasteiger partial charge < -0.3 is 14.6 Å². The highest BCUT2D eigenvalue weighted by atomic mass is 16.5. The maximum Gasteiger partial charge on any atom is 0.411 e. The summed E-state index contributed by atoms with van der Waals surface area (Å²) in [6, 6.07) is 15.1. The van der Waals surface area contributed by atoms with Crippen molar-refractivity contribution in [3.63, 3.8) is 0 Å². The number of carbonyl (C=O) groups is 2. The van der Waals surface area contributed by atoms with E-state index >= 15 is 0 Å². The van der Waals surface area contributed by atoms with Gasteiger partial charge in [-0.2, -0.15) is 0 Å². The molecule has 2 N–H and O–H groups in total. The Morgan fingerprint density at radius 1 is 1.19 bits per heavy atom. The van der Waals surface area contributed by atoms with Gasteiger partial charge in [0.25, 0.3) is 5.91 Å². The van der Waals surface area contributed by atoms with E-state index in [2.05, 4.69) is 22.4 Å². The molecule has 6 heteroatoms. The first-order valence-electron chi connectivity index (χ1n) is 9.07. The average Bonchev–Trinajstić information content (AvgIpc) is 3.05. The number of amides is 2. The van der Waals surface area contributed by atoms with Crippen molar-refractivity contribution in [3.8, 4) is 0 Å². The van der Waals surface area contributed by atoms with Crippen LogP contribution >= 0.6 is 0 Å². The number of para-hydroxylation sites is 1. The van der Waals surface area contributed by atoms with Gasteiger partial charge in [-0.1, -0.05) is 24.3 Å². The fourth-order valence-electron chi connectivity index (χ4n) is 3.54. The fraction of sp³-hybridized carbons (Fsp3) is 0.238. The Morgan fingerprint density at radius 2 is 2.04 bits per heavy atom. The zero-order chi connectivity index (χ0) is 18.8. The number of nitrogens with one attached hydrogen (secondary N) is 2. The third-order valence-electron chi connectivity index (χ3n) is 4.80. The van der Waals surface area contributed by atoms with Crippen molar-refractivity contribution in [2.24, 2.45) is 0 Å². The van der Waals surface area contributed by atoms with Gasteiger partial charge in [0.15, 0.2) is 0 Å². The van der Waals surface area contributed by atoms with Crippen LogP contribution in [0.3, 0.4) is 0 Å². The number of H-pyrrole nitrogens is 1. The number of rotatable bonds is 3. The first-order chi connectivity index (χ1) is 13.2. The summed E-state index contributed by atoms with van der Waals surface area (Å²) in [4.78, 5) is 29.9. The Labute approximate surface area is 157 Å². The van der Waals surface area contributed by atoms with Crippen molar-refractivity contribution in [2.75, 3.05) is 18.5 Å². The van der Waals surface area contributed by atoms with E-state index in [9.17, 15) is 9.59 Å². The third kappa shape index (κ3) is 3.38. The smallest absolute Gasteiger partial charge is 0.411 e. The molecule has 0 saturated heterocycles. The molecule has 0 unspecified atom stereocenters. The highest BCUT2D eigenvalue weighted by Gasteiger charge is 2.24. The summed E-state index contributed by atoms with van der Waals surface area (Å²) in [6.45, 7) is 3.28. The number of anilines is 1. The molecule has 0 radical (unpaired) electrons. The average molecular weight is 363 g/mol. The van der Waals surface area contributed by atoms with Crippen LogP contribution in [0.1, 0.15) is 28.5 Å². The number of fused-ring (bicyclic) bond motifs is 3. The summed E-state index contributed by atoms with van der Waals surface area (Å²) in [5.41, 5.74) is 4.60. The molecular weight excluding hydrogens is 342 g/mol. The van der Waals surface area contributed by atoms with Gasteiger partial charge in [0, 0.05) is 52.9 Å². The van der Waals surface area contributed by atoms with E-state index < -0.39 is 6.09 Å². The second-order valence-electron chi connectivity index (χ2n) is 6.53. The van der Waals surface area contributed by atoms with Crippen molar-refractivity contribution in [1.82, 2.24) is 9.88 Å². The van der Waals surface area contributed by atoms with Gasteiger partial charge in [-0.25, -0.2) is 4.79 Å². The summed E-state index contributed by atoms with van der Waals surface area (Å²) in [6.07, 6.45) is 0.278. The second-order valence-corrected chi connectivity index (χ2v) is 6.53. The second kappa shape index (κ2) is 7.15. The molecule has 6 nitrogen and oxygen atoms in total. The van der Waals surface area contributed by atoms with Crippen LogP contribution in [0.25, 0.3) is 10.9 Å². The Morgan fingerprint density at radius 3 is 2.89 bits per heavy atom. The SMILES string of the molecule is CCOC(=O)Nc1cccc(C(=O)N2CCc3[nH]c4ccccc4c3C2)c1. The number of aromatic amines is 1. The molecule has 4 rings (SSSR count). The van der Waals surface area contributed by atoms with Crippen LogP contribution in [0.4, 0.5) is 10.5 Å². The van der Waals surface area contributed by atoms with E-state index in [1.54, 1.807) is 31.2 Å². The molecule has 0 aliphatic carbocycles. The molecule has 0 saturated carbocycles. The van der Waals surface area contributed by atoms with Gasteiger partial charge in [-0.3, -0.25) is 10.1 Å². The first-order valence-corrected chi connectivity index (χ1v) is 9.07. The molecule has 3 aromatic rings. The number of nitrogens with zero attached hydrogens (tertiary/aromatic N) is 1. The molecular formula is C21H21N3O3. The van der Waals surface area contributed by atoms with Crippen molar-refractivity contribution >= 4 is 28.6 Å². The molecule has 0 atom stereocenters. The van der Waals surface area contributed by atoms with E-state index in [-0.39, 0.29) is 5.91 Å². The molecule has 2 aromatic carbocycles. The van der Waals surface area contributed by atoms with Crippen LogP contribution in [0, 0.1) is 0 Å². The van der Waals surface area contributed by atoms with E-state index in [0.29, 0.717) is 30.9 Å². The molecule has 1 aromatic heterocycles. The Hall–Kier alpha value is -3.28. The van der Waals surface area contributed by atoms with Gasteiger partial charge in [0.05, 0.1) is 6.61 Å². The van der Waals surface area contributed by atoms with Crippen molar-refractivity contribution in [1.29, 1.82) is 0 Å². The van der Waals surface area contributed by atoms with Gasteiger partial charge in [-0.15, -0.1) is 0 Å². The van der Waals surface area contributed by atoms with E-state index in [0.717, 1.165) is 11.9 Å². The maximum atomic E-state index is 13.0. The van der Waals surface area contributed by atoms with Gasteiger partial charge in [0.2, 0.25) is 0 Å². The topological polar surface area (TPSA) is 74.4 Å². The van der Waals surface area contributed by atoms with Crippen molar-refractivity contribution < 1.29 is 14.3 Å². The van der Waals surface area contributed by atoms with Crippen LogP contribution < -0.4 is 5.32 Å². The largest absolute Gasteiger partial charge is 0.450 e. The minimum absolute atomic E-state index is 0.0431. The normalized spacial score (nSPS) is 13.3. The molecule has 2 amide bonds. The van der Waals surface area contributed by atoms with Crippen molar-refractivity contribution in [3.05, 3.63) is 65.4 Å². The summed E-state index contributed by atoms with van der Waals surface area (Å²) >= 11 is 0. The maximum absolute atomic E-state index is 13.0. The molecule has 0 bridgehead atoms. The van der Waals surface area contributed by atoms with Crippen LogP contribution in [-0.4, -0.2) is 35.0 Å². The minimum Gasteiger partial charge on any atom is -0.450 e. The summed E-state index contributed by atoms with van der Waals surface area (Å²) < 4.78 is 4.88. The number of carbonyl (C=O) groups excluding carboxylic acids is 2. The third-order valence-corrected chi connectivity index (χ3v) is 4.80. The highest BCUT2D eigenvalue weighted by molar-refractivity contribution is 5.97. The molecule has 2 heterocycles. The van der Waals surface area contributed by atoms with E-state index in [1.807, 2.05) is 17.0 Å². The number of aromatic nitrogens is 1. The predicted molar refractivity (Wildman–Crippen MR) is 104 cm³/mol. The zero-order valence-corrected chi connectivity index (χ0v) is 15.1. The Bertz CT molecular complexity index is 1010. The zero-order valence-electron chi connectivity index (χ0n) is 15.1.